The summed E-state index contributed by atoms with van der Waals surface area (Å²) >= 11 is 0.706. The van der Waals surface area contributed by atoms with Crippen molar-refractivity contribution in [1.29, 1.82) is 0 Å². The van der Waals surface area contributed by atoms with Gasteiger partial charge in [0.25, 0.3) is 0 Å². The molecule has 0 amide bonds. The molecular formula is C10H16Se. The molecular weight excluding hydrogens is 199 g/mol. The summed E-state index contributed by atoms with van der Waals surface area (Å²) in [4.78, 5) is 0. The summed E-state index contributed by atoms with van der Waals surface area (Å²) in [6.07, 6.45) is 2.67. The molecule has 1 saturated heterocycles. The number of rotatable bonds is 0. The van der Waals surface area contributed by atoms with Crippen LogP contribution in [-0.4, -0.2) is 15.0 Å². The van der Waals surface area contributed by atoms with E-state index in [-0.39, 0.29) is 0 Å². The van der Waals surface area contributed by atoms with Crippen molar-refractivity contribution in [2.45, 2.75) is 40.5 Å². The van der Waals surface area contributed by atoms with E-state index in [4.69, 9.17) is 0 Å². The van der Waals surface area contributed by atoms with Gasteiger partial charge in [0.15, 0.2) is 0 Å². The van der Waals surface area contributed by atoms with E-state index in [0.29, 0.717) is 15.0 Å². The number of hydrogen-bond donors (Lipinski definition) is 0. The average molecular weight is 215 g/mol. The van der Waals surface area contributed by atoms with E-state index in [0.717, 1.165) is 0 Å². The van der Waals surface area contributed by atoms with Crippen LogP contribution in [-0.2, 0) is 0 Å². The van der Waals surface area contributed by atoms with Gasteiger partial charge in [-0.2, -0.15) is 0 Å². The van der Waals surface area contributed by atoms with E-state index in [1.807, 2.05) is 0 Å². The van der Waals surface area contributed by atoms with Crippen molar-refractivity contribution in [3.8, 4) is 0 Å². The van der Waals surface area contributed by atoms with Gasteiger partial charge in [-0.15, -0.1) is 0 Å². The Hall–Kier alpha value is -0.000519. The number of allylic oxidation sites excluding steroid dienone is 4. The summed E-state index contributed by atoms with van der Waals surface area (Å²) < 4.78 is 3.46. The molecule has 0 aliphatic carbocycles. The van der Waals surface area contributed by atoms with Crippen molar-refractivity contribution in [3.05, 3.63) is 20.1 Å². The molecule has 1 aliphatic heterocycles. The van der Waals surface area contributed by atoms with Gasteiger partial charge in [0, 0.05) is 0 Å². The average Bonchev–Trinajstić information content (AvgIpc) is 2.33. The normalized spacial score (nSPS) is 17.5. The second kappa shape index (κ2) is 3.60. The van der Waals surface area contributed by atoms with Crippen LogP contribution in [0.5, 0.6) is 0 Å². The molecule has 0 spiro atoms. The summed E-state index contributed by atoms with van der Waals surface area (Å²) in [5.41, 5.74) is 3.11. The zero-order valence-electron chi connectivity index (χ0n) is 7.82. The molecule has 1 rings (SSSR count). The maximum atomic E-state index is 2.24. The summed E-state index contributed by atoms with van der Waals surface area (Å²) in [7, 11) is 0. The summed E-state index contributed by atoms with van der Waals surface area (Å²) in [6, 6.07) is 0. The fraction of sp³-hybridized carbons (Fsp3) is 0.600. The Labute approximate surface area is 75.9 Å². The SMILES string of the molecule is CC(C)=C1CCC(=C(C)C)[Se]1. The van der Waals surface area contributed by atoms with Crippen LogP contribution in [0.2, 0.25) is 0 Å². The van der Waals surface area contributed by atoms with E-state index in [9.17, 15) is 0 Å². The van der Waals surface area contributed by atoms with E-state index in [1.165, 1.54) is 12.8 Å². The maximum absolute atomic E-state index is 2.24. The van der Waals surface area contributed by atoms with Crippen LogP contribution in [0, 0.1) is 0 Å². The van der Waals surface area contributed by atoms with Crippen LogP contribution in [0.15, 0.2) is 20.1 Å². The first-order chi connectivity index (χ1) is 5.11. The molecule has 0 aromatic rings. The van der Waals surface area contributed by atoms with E-state index >= 15 is 0 Å². The van der Waals surface area contributed by atoms with Crippen LogP contribution in [0.4, 0.5) is 0 Å². The van der Waals surface area contributed by atoms with Gasteiger partial charge >= 0.3 is 75.6 Å². The molecule has 0 N–H and O–H groups in total. The third-order valence-corrected chi connectivity index (χ3v) is 5.54. The molecule has 0 atom stereocenters. The molecule has 0 saturated carbocycles. The van der Waals surface area contributed by atoms with Crippen molar-refractivity contribution in [1.82, 2.24) is 0 Å². The predicted molar refractivity (Wildman–Crippen MR) is 51.7 cm³/mol. The van der Waals surface area contributed by atoms with Crippen molar-refractivity contribution in [3.63, 3.8) is 0 Å². The molecule has 11 heavy (non-hydrogen) atoms. The molecule has 0 aromatic carbocycles. The molecule has 0 bridgehead atoms. The molecule has 0 aromatic heterocycles. The fourth-order valence-corrected chi connectivity index (χ4v) is 3.52. The molecule has 1 fully saturated rings. The Balaban J connectivity index is 2.77. The van der Waals surface area contributed by atoms with Crippen LogP contribution in [0.1, 0.15) is 40.5 Å². The molecule has 0 radical (unpaired) electrons. The first-order valence-electron chi connectivity index (χ1n) is 4.12. The van der Waals surface area contributed by atoms with E-state index in [1.54, 1.807) is 20.1 Å². The van der Waals surface area contributed by atoms with Gasteiger partial charge in [-0.3, -0.25) is 0 Å². The van der Waals surface area contributed by atoms with Crippen molar-refractivity contribution in [2.24, 2.45) is 0 Å². The van der Waals surface area contributed by atoms with Crippen LogP contribution >= 0.6 is 0 Å². The molecule has 0 unspecified atom stereocenters. The standard InChI is InChI=1S/C10H16Se/c1-7(2)9-5-6-10(11-9)8(3)4/h5-6H2,1-4H3. The van der Waals surface area contributed by atoms with Gasteiger partial charge in [-0.25, -0.2) is 0 Å². The summed E-state index contributed by atoms with van der Waals surface area (Å²) in [5.74, 6) is 0. The molecule has 62 valence electrons. The van der Waals surface area contributed by atoms with Gasteiger partial charge in [0.2, 0.25) is 0 Å². The molecule has 1 heterocycles. The quantitative estimate of drug-likeness (QED) is 0.545. The zero-order chi connectivity index (χ0) is 8.43. The van der Waals surface area contributed by atoms with Gasteiger partial charge in [-0.05, 0) is 0 Å². The van der Waals surface area contributed by atoms with Gasteiger partial charge in [0.1, 0.15) is 0 Å². The number of hydrogen-bond acceptors (Lipinski definition) is 0. The Morgan fingerprint density at radius 1 is 0.909 bits per heavy atom. The minimum absolute atomic E-state index is 0.706. The molecule has 0 nitrogen and oxygen atoms in total. The van der Waals surface area contributed by atoms with E-state index in [2.05, 4.69) is 27.7 Å². The fourth-order valence-electron chi connectivity index (χ4n) is 1.18. The first-order valence-corrected chi connectivity index (χ1v) is 5.83. The Morgan fingerprint density at radius 2 is 1.27 bits per heavy atom. The predicted octanol–water partition coefficient (Wildman–Crippen LogP) is 3.07. The van der Waals surface area contributed by atoms with Crippen molar-refractivity contribution < 1.29 is 0 Å². The zero-order valence-corrected chi connectivity index (χ0v) is 9.54. The topological polar surface area (TPSA) is 0 Å². The second-order valence-corrected chi connectivity index (χ2v) is 5.94. The van der Waals surface area contributed by atoms with Crippen LogP contribution in [0.25, 0.3) is 0 Å². The van der Waals surface area contributed by atoms with Gasteiger partial charge in [0.05, 0.1) is 0 Å². The van der Waals surface area contributed by atoms with Gasteiger partial charge in [-0.1, -0.05) is 0 Å². The third-order valence-electron chi connectivity index (χ3n) is 1.94. The minimum atomic E-state index is 0.706. The third kappa shape index (κ3) is 2.21. The Bertz CT molecular complexity index is 189. The van der Waals surface area contributed by atoms with E-state index < -0.39 is 0 Å². The second-order valence-electron chi connectivity index (χ2n) is 3.45. The first kappa shape index (κ1) is 9.09. The van der Waals surface area contributed by atoms with Crippen LogP contribution in [0.3, 0.4) is 0 Å². The Kier molecular flexibility index (Phi) is 2.97. The summed E-state index contributed by atoms with van der Waals surface area (Å²) in [6.45, 7) is 8.96. The monoisotopic (exact) mass is 216 g/mol. The summed E-state index contributed by atoms with van der Waals surface area (Å²) in [5, 5.41) is 0. The van der Waals surface area contributed by atoms with Gasteiger partial charge < -0.3 is 0 Å². The van der Waals surface area contributed by atoms with Crippen LogP contribution < -0.4 is 0 Å². The molecule has 1 aliphatic rings. The van der Waals surface area contributed by atoms with Crippen molar-refractivity contribution in [2.75, 3.05) is 0 Å². The van der Waals surface area contributed by atoms with Crippen molar-refractivity contribution >= 4 is 15.0 Å². The molecule has 1 heteroatoms. The Morgan fingerprint density at radius 3 is 1.45 bits per heavy atom.